The Morgan fingerprint density at radius 3 is 1.62 bits per heavy atom. The van der Waals surface area contributed by atoms with Crippen molar-refractivity contribution in [1.82, 2.24) is 0 Å². The summed E-state index contributed by atoms with van der Waals surface area (Å²) in [6.45, 7) is 0. The van der Waals surface area contributed by atoms with E-state index in [1.807, 2.05) is 19.0 Å². The zero-order chi connectivity index (χ0) is 17.9. The Bertz CT molecular complexity index is 732. The first kappa shape index (κ1) is 17.7. The molecule has 0 aliphatic heterocycles. The average molecular weight is 335 g/mol. The SMILES string of the molecule is CN(C)c1ccc(C(=O)CC(=O)c2ccc(C(F)(F)F)cc2)cc1. The van der Waals surface area contributed by atoms with Crippen LogP contribution in [-0.4, -0.2) is 25.7 Å². The van der Waals surface area contributed by atoms with E-state index in [1.54, 1.807) is 24.3 Å². The van der Waals surface area contributed by atoms with Gasteiger partial charge in [0.1, 0.15) is 0 Å². The van der Waals surface area contributed by atoms with E-state index in [0.717, 1.165) is 30.0 Å². The number of alkyl halides is 3. The summed E-state index contributed by atoms with van der Waals surface area (Å²) in [6, 6.07) is 10.6. The molecule has 0 unspecified atom stereocenters. The highest BCUT2D eigenvalue weighted by molar-refractivity contribution is 6.13. The van der Waals surface area contributed by atoms with Crippen molar-refractivity contribution < 1.29 is 22.8 Å². The van der Waals surface area contributed by atoms with Crippen LogP contribution in [0, 0.1) is 0 Å². The van der Waals surface area contributed by atoms with Crippen LogP contribution in [0.1, 0.15) is 32.7 Å². The van der Waals surface area contributed by atoms with Crippen molar-refractivity contribution in [3.05, 3.63) is 65.2 Å². The summed E-state index contributed by atoms with van der Waals surface area (Å²) in [5.41, 5.74) is 0.562. The van der Waals surface area contributed by atoms with Gasteiger partial charge in [0.2, 0.25) is 0 Å². The number of carbonyl (C=O) groups excluding carboxylic acids is 2. The molecular formula is C18H16F3NO2. The van der Waals surface area contributed by atoms with Gasteiger partial charge in [0.05, 0.1) is 12.0 Å². The fourth-order valence-electron chi connectivity index (χ4n) is 2.14. The number of anilines is 1. The second kappa shape index (κ2) is 6.86. The van der Waals surface area contributed by atoms with Crippen molar-refractivity contribution >= 4 is 17.3 Å². The molecular weight excluding hydrogens is 319 g/mol. The summed E-state index contributed by atoms with van der Waals surface area (Å²) in [5.74, 6) is -0.879. The molecule has 0 aromatic heterocycles. The van der Waals surface area contributed by atoms with E-state index in [4.69, 9.17) is 0 Å². The van der Waals surface area contributed by atoms with E-state index in [1.165, 1.54) is 0 Å². The molecule has 0 bridgehead atoms. The van der Waals surface area contributed by atoms with E-state index >= 15 is 0 Å². The minimum atomic E-state index is -4.45. The van der Waals surface area contributed by atoms with Gasteiger partial charge in [-0.15, -0.1) is 0 Å². The van der Waals surface area contributed by atoms with Crippen LogP contribution in [-0.2, 0) is 6.18 Å². The lowest BCUT2D eigenvalue weighted by atomic mass is 10.0. The van der Waals surface area contributed by atoms with Crippen molar-refractivity contribution in [3.8, 4) is 0 Å². The minimum absolute atomic E-state index is 0.0845. The van der Waals surface area contributed by atoms with Crippen LogP contribution in [0.2, 0.25) is 0 Å². The van der Waals surface area contributed by atoms with Gasteiger partial charge in [-0.2, -0.15) is 13.2 Å². The molecule has 0 amide bonds. The van der Waals surface area contributed by atoms with Crippen LogP contribution in [0.15, 0.2) is 48.5 Å². The molecule has 0 aliphatic carbocycles. The van der Waals surface area contributed by atoms with Gasteiger partial charge in [0, 0.05) is 30.9 Å². The Hall–Kier alpha value is -2.63. The van der Waals surface area contributed by atoms with Gasteiger partial charge in [-0.1, -0.05) is 12.1 Å². The second-order valence-corrected chi connectivity index (χ2v) is 5.54. The van der Waals surface area contributed by atoms with E-state index in [-0.39, 0.29) is 17.8 Å². The molecule has 24 heavy (non-hydrogen) atoms. The molecule has 0 radical (unpaired) electrons. The quantitative estimate of drug-likeness (QED) is 0.606. The number of halogens is 3. The first-order valence-electron chi connectivity index (χ1n) is 7.19. The van der Waals surface area contributed by atoms with Crippen LogP contribution in [0.3, 0.4) is 0 Å². The van der Waals surface area contributed by atoms with Gasteiger partial charge >= 0.3 is 6.18 Å². The molecule has 0 N–H and O–H groups in total. The highest BCUT2D eigenvalue weighted by Gasteiger charge is 2.30. The molecule has 3 nitrogen and oxygen atoms in total. The van der Waals surface area contributed by atoms with E-state index in [9.17, 15) is 22.8 Å². The van der Waals surface area contributed by atoms with E-state index in [0.29, 0.717) is 5.56 Å². The Balaban J connectivity index is 2.07. The van der Waals surface area contributed by atoms with Crippen LogP contribution < -0.4 is 4.90 Å². The number of rotatable bonds is 5. The molecule has 0 heterocycles. The third-order valence-electron chi connectivity index (χ3n) is 3.56. The normalized spacial score (nSPS) is 11.2. The fraction of sp³-hybridized carbons (Fsp3) is 0.222. The predicted molar refractivity (Wildman–Crippen MR) is 85.5 cm³/mol. The summed E-state index contributed by atoms with van der Waals surface area (Å²) in [4.78, 5) is 26.1. The summed E-state index contributed by atoms with van der Waals surface area (Å²) < 4.78 is 37.5. The van der Waals surface area contributed by atoms with Crippen LogP contribution >= 0.6 is 0 Å². The summed E-state index contributed by atoms with van der Waals surface area (Å²) in [6.07, 6.45) is -4.84. The first-order valence-corrected chi connectivity index (χ1v) is 7.19. The first-order chi connectivity index (χ1) is 11.2. The van der Waals surface area contributed by atoms with Gasteiger partial charge in [0.15, 0.2) is 11.6 Å². The maximum Gasteiger partial charge on any atom is 0.416 e. The highest BCUT2D eigenvalue weighted by Crippen LogP contribution is 2.29. The molecule has 0 fully saturated rings. The molecule has 0 atom stereocenters. The second-order valence-electron chi connectivity index (χ2n) is 5.54. The lowest BCUT2D eigenvalue weighted by molar-refractivity contribution is -0.137. The Morgan fingerprint density at radius 1 is 0.833 bits per heavy atom. The maximum absolute atomic E-state index is 12.5. The third-order valence-corrected chi connectivity index (χ3v) is 3.56. The molecule has 2 rings (SSSR count). The molecule has 0 saturated carbocycles. The van der Waals surface area contributed by atoms with E-state index < -0.39 is 17.5 Å². The van der Waals surface area contributed by atoms with Crippen molar-refractivity contribution in [1.29, 1.82) is 0 Å². The molecule has 0 saturated heterocycles. The van der Waals surface area contributed by atoms with Crippen molar-refractivity contribution in [2.45, 2.75) is 12.6 Å². The maximum atomic E-state index is 12.5. The average Bonchev–Trinajstić information content (AvgIpc) is 2.54. The molecule has 2 aromatic carbocycles. The zero-order valence-electron chi connectivity index (χ0n) is 13.2. The van der Waals surface area contributed by atoms with Crippen LogP contribution in [0.4, 0.5) is 18.9 Å². The van der Waals surface area contributed by atoms with Gasteiger partial charge in [-0.05, 0) is 36.4 Å². The smallest absolute Gasteiger partial charge is 0.378 e. The number of carbonyl (C=O) groups is 2. The van der Waals surface area contributed by atoms with Crippen LogP contribution in [0.25, 0.3) is 0 Å². The van der Waals surface area contributed by atoms with Gasteiger partial charge < -0.3 is 4.90 Å². The number of benzene rings is 2. The number of hydrogen-bond acceptors (Lipinski definition) is 3. The van der Waals surface area contributed by atoms with Crippen molar-refractivity contribution in [2.75, 3.05) is 19.0 Å². The van der Waals surface area contributed by atoms with Crippen molar-refractivity contribution in [2.24, 2.45) is 0 Å². The third kappa shape index (κ3) is 4.22. The summed E-state index contributed by atoms with van der Waals surface area (Å²) in [7, 11) is 3.73. The lowest BCUT2D eigenvalue weighted by Gasteiger charge is -2.12. The highest BCUT2D eigenvalue weighted by atomic mass is 19.4. The standard InChI is InChI=1S/C18H16F3NO2/c1-22(2)15-9-5-13(6-10-15)17(24)11-16(23)12-3-7-14(8-4-12)18(19,20)21/h3-10H,11H2,1-2H3. The monoisotopic (exact) mass is 335 g/mol. The molecule has 2 aromatic rings. The number of nitrogens with zero attached hydrogens (tertiary/aromatic N) is 1. The molecule has 6 heteroatoms. The predicted octanol–water partition coefficient (Wildman–Crippen LogP) is 4.23. The lowest BCUT2D eigenvalue weighted by Crippen LogP contribution is -2.11. The summed E-state index contributed by atoms with van der Waals surface area (Å²) in [5, 5.41) is 0. The molecule has 126 valence electrons. The Kier molecular flexibility index (Phi) is 5.07. The summed E-state index contributed by atoms with van der Waals surface area (Å²) >= 11 is 0. The minimum Gasteiger partial charge on any atom is -0.378 e. The number of Topliss-reactive ketones (excluding diaryl/α,β-unsaturated/α-hetero) is 2. The Labute approximate surface area is 137 Å². The number of ketones is 2. The van der Waals surface area contributed by atoms with Gasteiger partial charge in [0.25, 0.3) is 0 Å². The molecule has 0 aliphatic rings. The van der Waals surface area contributed by atoms with E-state index in [2.05, 4.69) is 0 Å². The Morgan fingerprint density at radius 2 is 1.25 bits per heavy atom. The number of hydrogen-bond donors (Lipinski definition) is 0. The fourth-order valence-corrected chi connectivity index (χ4v) is 2.14. The van der Waals surface area contributed by atoms with Gasteiger partial charge in [-0.25, -0.2) is 0 Å². The topological polar surface area (TPSA) is 37.4 Å². The molecule has 0 spiro atoms. The van der Waals surface area contributed by atoms with Crippen LogP contribution in [0.5, 0.6) is 0 Å². The largest absolute Gasteiger partial charge is 0.416 e. The zero-order valence-corrected chi connectivity index (χ0v) is 13.2. The van der Waals surface area contributed by atoms with Crippen molar-refractivity contribution in [3.63, 3.8) is 0 Å². The van der Waals surface area contributed by atoms with Gasteiger partial charge in [-0.3, -0.25) is 9.59 Å².